The number of hydrogen-bond donors (Lipinski definition) is 1. The first kappa shape index (κ1) is 22.8. The van der Waals surface area contributed by atoms with Crippen LogP contribution in [0.4, 0.5) is 17.1 Å². The predicted molar refractivity (Wildman–Crippen MR) is 123 cm³/mol. The van der Waals surface area contributed by atoms with Crippen LogP contribution >= 0.6 is 11.6 Å². The molecule has 5 rings (SSSR count). The summed E-state index contributed by atoms with van der Waals surface area (Å²) < 4.78 is 5.33. The number of para-hydroxylation sites is 1. The molecule has 2 fully saturated rings. The lowest BCUT2D eigenvalue weighted by Crippen LogP contribution is -2.69. The maximum Gasteiger partial charge on any atom is 0.354 e. The van der Waals surface area contributed by atoms with Crippen LogP contribution in [-0.4, -0.2) is 51.8 Å². The normalized spacial score (nSPS) is 20.8. The van der Waals surface area contributed by atoms with Gasteiger partial charge in [0, 0.05) is 30.0 Å². The molecule has 1 aliphatic carbocycles. The molecule has 180 valence electrons. The summed E-state index contributed by atoms with van der Waals surface area (Å²) in [6, 6.07) is 10.0. The van der Waals surface area contributed by atoms with Crippen molar-refractivity contribution >= 4 is 52.4 Å². The third kappa shape index (κ3) is 3.68. The number of ether oxygens (including phenoxy) is 1. The number of fused-ring (bicyclic) bond motifs is 3. The van der Waals surface area contributed by atoms with Crippen molar-refractivity contribution in [2.75, 3.05) is 16.8 Å². The molecule has 11 nitrogen and oxygen atoms in total. The first-order chi connectivity index (χ1) is 16.7. The lowest BCUT2D eigenvalue weighted by atomic mass is 9.96. The van der Waals surface area contributed by atoms with Crippen molar-refractivity contribution in [2.45, 2.75) is 37.4 Å². The number of esters is 1. The van der Waals surface area contributed by atoms with E-state index in [-0.39, 0.29) is 47.1 Å². The molecule has 2 aromatic rings. The number of rotatable bonds is 6. The van der Waals surface area contributed by atoms with Crippen LogP contribution in [0.25, 0.3) is 0 Å². The molecular weight excluding hydrogens is 480 g/mol. The Morgan fingerprint density at radius 2 is 1.94 bits per heavy atom. The van der Waals surface area contributed by atoms with Crippen molar-refractivity contribution < 1.29 is 28.8 Å². The number of nitro groups is 1. The molecule has 1 atom stereocenters. The highest BCUT2D eigenvalue weighted by atomic mass is 35.5. The SMILES string of the molecule is O=C(COC(=O)[C@]12CCC(=O)N1c1ccccc1C(=O)N2C1CC1)Nc1cc(Cl)ccc1[N+](=O)[O-]. The summed E-state index contributed by atoms with van der Waals surface area (Å²) in [5.41, 5.74) is -1.57. The fraction of sp³-hybridized carbons (Fsp3) is 0.304. The van der Waals surface area contributed by atoms with Crippen molar-refractivity contribution in [3.63, 3.8) is 0 Å². The highest BCUT2D eigenvalue weighted by Crippen LogP contribution is 2.49. The number of halogens is 1. The largest absolute Gasteiger partial charge is 0.452 e. The lowest BCUT2D eigenvalue weighted by Gasteiger charge is -2.48. The molecule has 1 saturated heterocycles. The van der Waals surface area contributed by atoms with Crippen LogP contribution < -0.4 is 10.2 Å². The molecule has 0 radical (unpaired) electrons. The van der Waals surface area contributed by atoms with E-state index in [4.69, 9.17) is 16.3 Å². The van der Waals surface area contributed by atoms with E-state index in [0.29, 0.717) is 24.1 Å². The fourth-order valence-corrected chi connectivity index (χ4v) is 4.89. The third-order valence-electron chi connectivity index (χ3n) is 6.30. The van der Waals surface area contributed by atoms with Gasteiger partial charge in [-0.1, -0.05) is 23.7 Å². The minimum atomic E-state index is -1.69. The highest BCUT2D eigenvalue weighted by molar-refractivity contribution is 6.31. The maximum absolute atomic E-state index is 13.5. The molecular formula is C23H19ClN4O7. The van der Waals surface area contributed by atoms with Gasteiger partial charge in [-0.3, -0.25) is 29.4 Å². The van der Waals surface area contributed by atoms with Crippen LogP contribution in [0.3, 0.4) is 0 Å². The summed E-state index contributed by atoms with van der Waals surface area (Å²) in [5, 5.41) is 13.7. The quantitative estimate of drug-likeness (QED) is 0.367. The number of anilines is 2. The Labute approximate surface area is 203 Å². The summed E-state index contributed by atoms with van der Waals surface area (Å²) in [6.45, 7) is -0.777. The number of nitro benzene ring substituents is 1. The van der Waals surface area contributed by atoms with Gasteiger partial charge in [0.1, 0.15) is 5.69 Å². The monoisotopic (exact) mass is 498 g/mol. The molecule has 2 aromatic carbocycles. The van der Waals surface area contributed by atoms with Crippen LogP contribution in [0.1, 0.15) is 36.0 Å². The van der Waals surface area contributed by atoms with E-state index in [2.05, 4.69) is 5.32 Å². The van der Waals surface area contributed by atoms with E-state index in [1.807, 2.05) is 0 Å². The summed E-state index contributed by atoms with van der Waals surface area (Å²) >= 11 is 5.88. The summed E-state index contributed by atoms with van der Waals surface area (Å²) in [7, 11) is 0. The van der Waals surface area contributed by atoms with E-state index < -0.39 is 29.1 Å². The first-order valence-electron chi connectivity index (χ1n) is 10.9. The van der Waals surface area contributed by atoms with Gasteiger partial charge in [-0.05, 0) is 37.1 Å². The van der Waals surface area contributed by atoms with Gasteiger partial charge in [0.15, 0.2) is 6.61 Å². The lowest BCUT2D eigenvalue weighted by molar-refractivity contribution is -0.383. The smallest absolute Gasteiger partial charge is 0.354 e. The number of carbonyl (C=O) groups is 4. The van der Waals surface area contributed by atoms with Crippen molar-refractivity contribution in [2.24, 2.45) is 0 Å². The molecule has 1 saturated carbocycles. The Hall–Kier alpha value is -3.99. The molecule has 0 aromatic heterocycles. The Morgan fingerprint density at radius 3 is 2.66 bits per heavy atom. The van der Waals surface area contributed by atoms with Gasteiger partial charge < -0.3 is 15.0 Å². The number of hydrogen-bond acceptors (Lipinski definition) is 7. The molecule has 0 spiro atoms. The summed E-state index contributed by atoms with van der Waals surface area (Å²) in [6.07, 6.45) is 1.43. The van der Waals surface area contributed by atoms with Gasteiger partial charge >= 0.3 is 5.97 Å². The standard InChI is InChI=1S/C23H19ClN4O7/c24-13-5-8-18(28(33)34)16(11-13)25-19(29)12-35-22(32)23-10-9-20(30)27(23)17-4-2-1-3-15(17)21(31)26(23)14-6-7-14/h1-5,8,11,14H,6-7,9-10,12H2,(H,25,29)/t23-/m0/s1. The molecule has 3 amide bonds. The van der Waals surface area contributed by atoms with Crippen LogP contribution in [0, 0.1) is 10.1 Å². The average molecular weight is 499 g/mol. The Bertz CT molecular complexity index is 1290. The van der Waals surface area contributed by atoms with E-state index in [1.165, 1.54) is 21.9 Å². The Kier molecular flexibility index (Phi) is 5.43. The van der Waals surface area contributed by atoms with Crippen molar-refractivity contribution in [3.8, 4) is 0 Å². The second-order valence-corrected chi connectivity index (χ2v) is 8.95. The van der Waals surface area contributed by atoms with Crippen LogP contribution in [0.5, 0.6) is 0 Å². The van der Waals surface area contributed by atoms with E-state index in [1.54, 1.807) is 24.3 Å². The van der Waals surface area contributed by atoms with Crippen LogP contribution in [-0.2, 0) is 19.1 Å². The molecule has 3 aliphatic rings. The van der Waals surface area contributed by atoms with Crippen molar-refractivity contribution in [1.29, 1.82) is 0 Å². The zero-order valence-corrected chi connectivity index (χ0v) is 19.0. The Morgan fingerprint density at radius 1 is 1.20 bits per heavy atom. The minimum Gasteiger partial charge on any atom is -0.452 e. The van der Waals surface area contributed by atoms with Gasteiger partial charge in [-0.2, -0.15) is 0 Å². The maximum atomic E-state index is 13.5. The predicted octanol–water partition coefficient (Wildman–Crippen LogP) is 2.87. The minimum absolute atomic E-state index is 0.0286. The van der Waals surface area contributed by atoms with Gasteiger partial charge in [0.05, 0.1) is 16.2 Å². The molecule has 2 aliphatic heterocycles. The number of nitrogens with one attached hydrogen (secondary N) is 1. The Balaban J connectivity index is 1.41. The molecule has 35 heavy (non-hydrogen) atoms. The second-order valence-electron chi connectivity index (χ2n) is 8.51. The van der Waals surface area contributed by atoms with Crippen molar-refractivity contribution in [1.82, 2.24) is 4.90 Å². The second kappa shape index (κ2) is 8.35. The third-order valence-corrected chi connectivity index (χ3v) is 6.54. The van der Waals surface area contributed by atoms with Gasteiger partial charge in [0.2, 0.25) is 11.6 Å². The molecule has 2 heterocycles. The molecule has 0 bridgehead atoms. The molecule has 12 heteroatoms. The zero-order chi connectivity index (χ0) is 24.9. The van der Waals surface area contributed by atoms with E-state index in [0.717, 1.165) is 6.07 Å². The fourth-order valence-electron chi connectivity index (χ4n) is 4.71. The summed E-state index contributed by atoms with van der Waals surface area (Å²) in [4.78, 5) is 65.6. The average Bonchev–Trinajstić information content (AvgIpc) is 3.59. The van der Waals surface area contributed by atoms with Crippen molar-refractivity contribution in [3.05, 3.63) is 63.2 Å². The molecule has 0 unspecified atom stereocenters. The number of carbonyl (C=O) groups excluding carboxylic acids is 4. The van der Waals surface area contributed by atoms with E-state index in [9.17, 15) is 29.3 Å². The topological polar surface area (TPSA) is 139 Å². The zero-order valence-electron chi connectivity index (χ0n) is 18.2. The number of benzene rings is 2. The van der Waals surface area contributed by atoms with Crippen LogP contribution in [0.15, 0.2) is 42.5 Å². The van der Waals surface area contributed by atoms with Gasteiger partial charge in [-0.25, -0.2) is 4.79 Å². The number of nitrogens with zero attached hydrogens (tertiary/aromatic N) is 3. The highest BCUT2D eigenvalue weighted by Gasteiger charge is 2.64. The molecule has 1 N–H and O–H groups in total. The number of amides is 3. The van der Waals surface area contributed by atoms with E-state index >= 15 is 0 Å². The van der Waals surface area contributed by atoms with Gasteiger partial charge in [-0.15, -0.1) is 0 Å². The van der Waals surface area contributed by atoms with Gasteiger partial charge in [0.25, 0.3) is 17.5 Å². The van der Waals surface area contributed by atoms with Crippen LogP contribution in [0.2, 0.25) is 5.02 Å². The first-order valence-corrected chi connectivity index (χ1v) is 11.3. The summed E-state index contributed by atoms with van der Waals surface area (Å²) in [5.74, 6) is -2.44.